The fourth-order valence-electron chi connectivity index (χ4n) is 3.19. The van der Waals surface area contributed by atoms with E-state index < -0.39 is 0 Å². The number of imidazole rings is 1. The summed E-state index contributed by atoms with van der Waals surface area (Å²) in [5, 5.41) is 6.03. The second-order valence-electron chi connectivity index (χ2n) is 6.06. The van der Waals surface area contributed by atoms with Crippen molar-refractivity contribution in [1.29, 1.82) is 0 Å². The predicted octanol–water partition coefficient (Wildman–Crippen LogP) is 3.17. The van der Waals surface area contributed by atoms with Gasteiger partial charge < -0.3 is 8.98 Å². The molecule has 1 unspecified atom stereocenters. The molecule has 24 heavy (non-hydrogen) atoms. The van der Waals surface area contributed by atoms with E-state index in [-0.39, 0.29) is 11.9 Å². The minimum Gasteiger partial charge on any atom is -0.464 e. The maximum Gasteiger partial charge on any atom is 0.240 e. The van der Waals surface area contributed by atoms with Crippen LogP contribution in [0, 0.1) is 6.92 Å². The van der Waals surface area contributed by atoms with Gasteiger partial charge in [0.15, 0.2) is 5.82 Å². The quantitative estimate of drug-likeness (QED) is 0.728. The van der Waals surface area contributed by atoms with Gasteiger partial charge in [-0.1, -0.05) is 12.1 Å². The molecule has 6 nitrogen and oxygen atoms in total. The van der Waals surface area contributed by atoms with Crippen molar-refractivity contribution in [3.63, 3.8) is 0 Å². The number of aryl methyl sites for hydroxylation is 2. The van der Waals surface area contributed by atoms with Gasteiger partial charge in [-0.15, -0.1) is 0 Å². The van der Waals surface area contributed by atoms with Crippen LogP contribution in [0.25, 0.3) is 11.0 Å². The highest BCUT2D eigenvalue weighted by molar-refractivity contribution is 6.02. The van der Waals surface area contributed by atoms with Crippen molar-refractivity contribution in [2.45, 2.75) is 26.3 Å². The Kier molecular flexibility index (Phi) is 3.26. The standard InChI is InChI=1S/C18H18N4O2/c1-11-8-9-17(24-11)16-10-14(20-22(16)12(2)23)18-19-13-6-4-5-7-15(13)21(18)3/h4-9,16H,10H2,1-3H3. The molecule has 3 heterocycles. The second kappa shape index (κ2) is 5.33. The van der Waals surface area contributed by atoms with Crippen LogP contribution in [-0.2, 0) is 11.8 Å². The lowest BCUT2D eigenvalue weighted by molar-refractivity contribution is -0.130. The van der Waals surface area contributed by atoms with Crippen LogP contribution in [0.3, 0.4) is 0 Å². The topological polar surface area (TPSA) is 63.6 Å². The normalized spacial score (nSPS) is 17.5. The zero-order valence-corrected chi connectivity index (χ0v) is 13.9. The lowest BCUT2D eigenvalue weighted by Crippen LogP contribution is -2.23. The van der Waals surface area contributed by atoms with Gasteiger partial charge in [0.05, 0.1) is 11.0 Å². The number of nitrogens with zero attached hydrogens (tertiary/aromatic N) is 4. The molecule has 1 aliphatic rings. The van der Waals surface area contributed by atoms with Crippen LogP contribution in [0.1, 0.15) is 36.7 Å². The average Bonchev–Trinajstić information content (AvgIpc) is 3.25. The van der Waals surface area contributed by atoms with E-state index in [0.29, 0.717) is 6.42 Å². The first-order chi connectivity index (χ1) is 11.5. The first-order valence-electron chi connectivity index (χ1n) is 7.90. The van der Waals surface area contributed by atoms with Crippen LogP contribution in [0.5, 0.6) is 0 Å². The molecule has 0 radical (unpaired) electrons. The maximum absolute atomic E-state index is 12.0. The highest BCUT2D eigenvalue weighted by Gasteiger charge is 2.35. The molecule has 0 aliphatic carbocycles. The Morgan fingerprint density at radius 3 is 2.71 bits per heavy atom. The number of amides is 1. The zero-order chi connectivity index (χ0) is 16.8. The molecule has 0 bridgehead atoms. The lowest BCUT2D eigenvalue weighted by atomic mass is 10.1. The molecular weight excluding hydrogens is 304 g/mol. The van der Waals surface area contributed by atoms with Gasteiger partial charge in [0.25, 0.3) is 0 Å². The van der Waals surface area contributed by atoms with Gasteiger partial charge in [-0.2, -0.15) is 5.10 Å². The predicted molar refractivity (Wildman–Crippen MR) is 90.6 cm³/mol. The van der Waals surface area contributed by atoms with Crippen LogP contribution in [0.15, 0.2) is 45.9 Å². The van der Waals surface area contributed by atoms with Gasteiger partial charge in [-0.3, -0.25) is 4.79 Å². The van der Waals surface area contributed by atoms with Gasteiger partial charge >= 0.3 is 0 Å². The molecule has 1 aromatic carbocycles. The van der Waals surface area contributed by atoms with Gasteiger partial charge in [-0.25, -0.2) is 9.99 Å². The van der Waals surface area contributed by atoms with E-state index in [0.717, 1.165) is 34.1 Å². The Morgan fingerprint density at radius 1 is 1.25 bits per heavy atom. The van der Waals surface area contributed by atoms with Crippen LogP contribution in [0.4, 0.5) is 0 Å². The molecule has 0 fully saturated rings. The van der Waals surface area contributed by atoms with Crippen molar-refractivity contribution >= 4 is 22.7 Å². The van der Waals surface area contributed by atoms with E-state index in [2.05, 4.69) is 10.1 Å². The Hall–Kier alpha value is -2.89. The van der Waals surface area contributed by atoms with E-state index in [9.17, 15) is 4.79 Å². The Bertz CT molecular complexity index is 966. The molecule has 1 atom stereocenters. The molecule has 6 heteroatoms. The third-order valence-corrected chi connectivity index (χ3v) is 4.37. The molecular formula is C18H18N4O2. The van der Waals surface area contributed by atoms with Crippen molar-refractivity contribution in [2.24, 2.45) is 12.1 Å². The average molecular weight is 322 g/mol. The molecule has 3 aromatic rings. The van der Waals surface area contributed by atoms with Gasteiger partial charge in [0, 0.05) is 20.4 Å². The molecule has 0 spiro atoms. The molecule has 122 valence electrons. The van der Waals surface area contributed by atoms with Crippen molar-refractivity contribution in [3.05, 3.63) is 53.7 Å². The van der Waals surface area contributed by atoms with Crippen LogP contribution in [-0.4, -0.2) is 26.2 Å². The van der Waals surface area contributed by atoms with E-state index in [4.69, 9.17) is 4.42 Å². The van der Waals surface area contributed by atoms with Crippen molar-refractivity contribution < 1.29 is 9.21 Å². The summed E-state index contributed by atoms with van der Waals surface area (Å²) >= 11 is 0. The summed E-state index contributed by atoms with van der Waals surface area (Å²) in [4.78, 5) is 16.7. The number of hydrogen-bond acceptors (Lipinski definition) is 4. The molecule has 0 saturated heterocycles. The Labute approximate surface area is 139 Å². The second-order valence-corrected chi connectivity index (χ2v) is 6.06. The minimum absolute atomic E-state index is 0.109. The minimum atomic E-state index is -0.217. The number of aromatic nitrogens is 2. The highest BCUT2D eigenvalue weighted by Crippen LogP contribution is 2.33. The van der Waals surface area contributed by atoms with E-state index in [1.54, 1.807) is 0 Å². The van der Waals surface area contributed by atoms with E-state index >= 15 is 0 Å². The molecule has 4 rings (SSSR count). The Morgan fingerprint density at radius 2 is 2.04 bits per heavy atom. The molecule has 2 aromatic heterocycles. The monoisotopic (exact) mass is 322 g/mol. The fraction of sp³-hybridized carbons (Fsp3) is 0.278. The summed E-state index contributed by atoms with van der Waals surface area (Å²) in [5.41, 5.74) is 2.76. The SMILES string of the molecule is CC(=O)N1N=C(c2nc3ccccc3n2C)CC1c1ccc(C)o1. The maximum atomic E-state index is 12.0. The fourth-order valence-corrected chi connectivity index (χ4v) is 3.19. The molecule has 1 aliphatic heterocycles. The number of rotatable bonds is 2. The van der Waals surface area contributed by atoms with Gasteiger partial charge in [-0.05, 0) is 31.2 Å². The number of benzene rings is 1. The van der Waals surface area contributed by atoms with Crippen LogP contribution >= 0.6 is 0 Å². The van der Waals surface area contributed by atoms with Crippen molar-refractivity contribution in [2.75, 3.05) is 0 Å². The third kappa shape index (κ3) is 2.22. The summed E-state index contributed by atoms with van der Waals surface area (Å²) in [7, 11) is 1.97. The number of para-hydroxylation sites is 2. The summed E-state index contributed by atoms with van der Waals surface area (Å²) < 4.78 is 7.74. The number of carbonyl (C=O) groups excluding carboxylic acids is 1. The van der Waals surface area contributed by atoms with Crippen molar-refractivity contribution in [1.82, 2.24) is 14.6 Å². The first-order valence-corrected chi connectivity index (χ1v) is 7.90. The first kappa shape index (κ1) is 14.7. The Balaban J connectivity index is 1.76. The molecule has 1 amide bonds. The number of furan rings is 1. The summed E-state index contributed by atoms with van der Waals surface area (Å²) in [6.45, 7) is 3.41. The lowest BCUT2D eigenvalue weighted by Gasteiger charge is -2.17. The van der Waals surface area contributed by atoms with Gasteiger partial charge in [0.2, 0.25) is 5.91 Å². The smallest absolute Gasteiger partial charge is 0.240 e. The zero-order valence-electron chi connectivity index (χ0n) is 13.9. The largest absolute Gasteiger partial charge is 0.464 e. The highest BCUT2D eigenvalue weighted by atomic mass is 16.3. The van der Waals surface area contributed by atoms with Crippen LogP contribution in [0.2, 0.25) is 0 Å². The summed E-state index contributed by atoms with van der Waals surface area (Å²) in [6.07, 6.45) is 0.587. The molecule has 0 N–H and O–H groups in total. The van der Waals surface area contributed by atoms with E-state index in [1.807, 2.05) is 54.9 Å². The van der Waals surface area contributed by atoms with Crippen LogP contribution < -0.4 is 0 Å². The number of hydrazone groups is 1. The summed E-state index contributed by atoms with van der Waals surface area (Å²) in [5.74, 6) is 2.25. The van der Waals surface area contributed by atoms with E-state index in [1.165, 1.54) is 11.9 Å². The number of carbonyl (C=O) groups is 1. The third-order valence-electron chi connectivity index (χ3n) is 4.37. The summed E-state index contributed by atoms with van der Waals surface area (Å²) in [6, 6.07) is 11.5. The number of fused-ring (bicyclic) bond motifs is 1. The number of hydrogen-bond donors (Lipinski definition) is 0. The van der Waals surface area contributed by atoms with Crippen molar-refractivity contribution in [3.8, 4) is 0 Å². The van der Waals surface area contributed by atoms with Gasteiger partial charge in [0.1, 0.15) is 23.3 Å². The molecule has 0 saturated carbocycles.